The number of hydrogen-bond acceptors (Lipinski definition) is 5. The Morgan fingerprint density at radius 2 is 2.21 bits per heavy atom. The highest BCUT2D eigenvalue weighted by Crippen LogP contribution is 2.31. The van der Waals surface area contributed by atoms with Gasteiger partial charge >= 0.3 is 5.97 Å². The Kier molecular flexibility index (Phi) is 3.39. The van der Waals surface area contributed by atoms with Gasteiger partial charge in [-0.15, -0.1) is 0 Å². The number of nitro groups is 1. The second-order valence-electron chi connectivity index (χ2n) is 4.62. The van der Waals surface area contributed by atoms with Crippen molar-refractivity contribution in [2.45, 2.75) is 25.5 Å². The molecule has 102 valence electrons. The minimum atomic E-state index is -1.04. The number of anilines is 1. The molecule has 2 rings (SSSR count). The second kappa shape index (κ2) is 4.85. The summed E-state index contributed by atoms with van der Waals surface area (Å²) < 4.78 is 0. The molecular weight excluding hydrogens is 252 g/mol. The molecule has 7 heteroatoms. The van der Waals surface area contributed by atoms with Crippen molar-refractivity contribution in [3.8, 4) is 0 Å². The number of nitro benzene ring substituents is 1. The Morgan fingerprint density at radius 3 is 2.79 bits per heavy atom. The topological polar surface area (TPSA) is 104 Å². The number of β-amino-alcohol motifs (C(OH)–C–C–N with tert-alkyl or cyclic N) is 1. The molecule has 0 aromatic heterocycles. The van der Waals surface area contributed by atoms with Crippen LogP contribution in [-0.2, 0) is 4.79 Å². The zero-order chi connectivity index (χ0) is 14.2. The summed E-state index contributed by atoms with van der Waals surface area (Å²) in [5, 5.41) is 29.5. The van der Waals surface area contributed by atoms with Crippen LogP contribution in [0.5, 0.6) is 0 Å². The van der Waals surface area contributed by atoms with Gasteiger partial charge in [-0.1, -0.05) is 6.07 Å². The number of carboxylic acids is 1. The lowest BCUT2D eigenvalue weighted by molar-refractivity contribution is -0.384. The van der Waals surface area contributed by atoms with Crippen molar-refractivity contribution >= 4 is 17.3 Å². The molecule has 1 fully saturated rings. The first-order chi connectivity index (χ1) is 8.90. The first kappa shape index (κ1) is 13.3. The minimum Gasteiger partial charge on any atom is -0.480 e. The van der Waals surface area contributed by atoms with Gasteiger partial charge in [-0.2, -0.15) is 0 Å². The number of aryl methyl sites for hydroxylation is 1. The molecule has 2 atom stereocenters. The number of hydrogen-bond donors (Lipinski definition) is 2. The molecule has 7 nitrogen and oxygen atoms in total. The second-order valence-corrected chi connectivity index (χ2v) is 4.62. The smallest absolute Gasteiger partial charge is 0.326 e. The fourth-order valence-electron chi connectivity index (χ4n) is 2.33. The van der Waals surface area contributed by atoms with Crippen LogP contribution >= 0.6 is 0 Å². The lowest BCUT2D eigenvalue weighted by atomic mass is 10.1. The molecule has 1 saturated heterocycles. The molecule has 19 heavy (non-hydrogen) atoms. The van der Waals surface area contributed by atoms with E-state index in [-0.39, 0.29) is 18.7 Å². The number of aliphatic hydroxyl groups is 1. The molecule has 2 unspecified atom stereocenters. The molecule has 1 aliphatic rings. The van der Waals surface area contributed by atoms with Crippen molar-refractivity contribution < 1.29 is 19.9 Å². The van der Waals surface area contributed by atoms with E-state index in [1.54, 1.807) is 13.0 Å². The highest BCUT2D eigenvalue weighted by molar-refractivity contribution is 5.80. The largest absolute Gasteiger partial charge is 0.480 e. The van der Waals surface area contributed by atoms with Gasteiger partial charge in [0.15, 0.2) is 0 Å². The van der Waals surface area contributed by atoms with Crippen LogP contribution in [0.1, 0.15) is 12.0 Å². The monoisotopic (exact) mass is 266 g/mol. The maximum absolute atomic E-state index is 11.2. The van der Waals surface area contributed by atoms with Crippen LogP contribution in [0, 0.1) is 17.0 Å². The van der Waals surface area contributed by atoms with E-state index >= 15 is 0 Å². The molecule has 0 radical (unpaired) electrons. The number of aliphatic carboxylic acids is 1. The molecule has 0 amide bonds. The number of carbonyl (C=O) groups is 1. The first-order valence-electron chi connectivity index (χ1n) is 5.82. The standard InChI is InChI=1S/C12H14N2O5/c1-7-2-3-8(14(18)19)4-10(7)13-6-9(15)5-11(13)12(16)17/h2-4,9,11,15H,5-6H2,1H3,(H,16,17). The summed E-state index contributed by atoms with van der Waals surface area (Å²) in [5.74, 6) is -1.04. The van der Waals surface area contributed by atoms with Crippen molar-refractivity contribution in [3.63, 3.8) is 0 Å². The Balaban J connectivity index is 2.42. The van der Waals surface area contributed by atoms with Crippen LogP contribution in [0.25, 0.3) is 0 Å². The number of nitrogens with zero attached hydrogens (tertiary/aromatic N) is 2. The van der Waals surface area contributed by atoms with Gasteiger partial charge in [-0.05, 0) is 12.5 Å². The maximum Gasteiger partial charge on any atom is 0.326 e. The van der Waals surface area contributed by atoms with Crippen LogP contribution in [0.3, 0.4) is 0 Å². The zero-order valence-electron chi connectivity index (χ0n) is 10.3. The van der Waals surface area contributed by atoms with Gasteiger partial charge in [0.1, 0.15) is 6.04 Å². The average molecular weight is 266 g/mol. The summed E-state index contributed by atoms with van der Waals surface area (Å²) >= 11 is 0. The summed E-state index contributed by atoms with van der Waals surface area (Å²) in [5.41, 5.74) is 1.13. The summed E-state index contributed by atoms with van der Waals surface area (Å²) in [4.78, 5) is 22.9. The Hall–Kier alpha value is -2.15. The number of carboxylic acid groups (broad SMARTS) is 1. The van der Waals surface area contributed by atoms with Crippen LogP contribution in [0.15, 0.2) is 18.2 Å². The van der Waals surface area contributed by atoms with E-state index in [1.165, 1.54) is 17.0 Å². The van der Waals surface area contributed by atoms with Crippen LogP contribution < -0.4 is 4.90 Å². The molecular formula is C12H14N2O5. The van der Waals surface area contributed by atoms with Gasteiger partial charge < -0.3 is 15.1 Å². The van der Waals surface area contributed by atoms with Gasteiger partial charge in [-0.25, -0.2) is 4.79 Å². The SMILES string of the molecule is Cc1ccc([N+](=O)[O-])cc1N1CC(O)CC1C(=O)O. The lowest BCUT2D eigenvalue weighted by Gasteiger charge is -2.24. The van der Waals surface area contributed by atoms with Crippen LogP contribution in [0.2, 0.25) is 0 Å². The van der Waals surface area contributed by atoms with Gasteiger partial charge in [0.05, 0.1) is 11.0 Å². The fraction of sp³-hybridized carbons (Fsp3) is 0.417. The molecule has 1 aromatic carbocycles. The van der Waals surface area contributed by atoms with Gasteiger partial charge in [0, 0.05) is 30.8 Å². The molecule has 0 bridgehead atoms. The predicted octanol–water partition coefficient (Wildman–Crippen LogP) is 0.927. The zero-order valence-corrected chi connectivity index (χ0v) is 10.3. The van der Waals surface area contributed by atoms with E-state index in [0.717, 1.165) is 5.56 Å². The molecule has 1 aromatic rings. The molecule has 0 saturated carbocycles. The maximum atomic E-state index is 11.2. The van der Waals surface area contributed by atoms with E-state index in [0.29, 0.717) is 5.69 Å². The van der Waals surface area contributed by atoms with E-state index in [2.05, 4.69) is 0 Å². The van der Waals surface area contributed by atoms with Crippen molar-refractivity contribution in [2.24, 2.45) is 0 Å². The van der Waals surface area contributed by atoms with Crippen LogP contribution in [0.4, 0.5) is 11.4 Å². The Morgan fingerprint density at radius 1 is 1.53 bits per heavy atom. The molecule has 0 spiro atoms. The van der Waals surface area contributed by atoms with E-state index in [4.69, 9.17) is 5.11 Å². The summed E-state index contributed by atoms with van der Waals surface area (Å²) in [7, 11) is 0. The van der Waals surface area contributed by atoms with Crippen molar-refractivity contribution in [3.05, 3.63) is 33.9 Å². The van der Waals surface area contributed by atoms with Gasteiger partial charge in [0.2, 0.25) is 0 Å². The highest BCUT2D eigenvalue weighted by Gasteiger charge is 2.37. The van der Waals surface area contributed by atoms with Gasteiger partial charge in [-0.3, -0.25) is 10.1 Å². The lowest BCUT2D eigenvalue weighted by Crippen LogP contribution is -2.36. The molecule has 2 N–H and O–H groups in total. The van der Waals surface area contributed by atoms with E-state index in [9.17, 15) is 20.0 Å². The first-order valence-corrected chi connectivity index (χ1v) is 5.82. The number of non-ortho nitro benzene ring substituents is 1. The molecule has 1 heterocycles. The summed E-state index contributed by atoms with van der Waals surface area (Å²) in [6, 6.07) is 3.46. The highest BCUT2D eigenvalue weighted by atomic mass is 16.6. The predicted molar refractivity (Wildman–Crippen MR) is 67.2 cm³/mol. The Bertz CT molecular complexity index is 531. The van der Waals surface area contributed by atoms with Crippen molar-refractivity contribution in [2.75, 3.05) is 11.4 Å². The summed E-state index contributed by atoms with van der Waals surface area (Å²) in [6.45, 7) is 1.92. The average Bonchev–Trinajstić information content (AvgIpc) is 2.71. The normalized spacial score (nSPS) is 22.5. The Labute approximate surface area is 109 Å². The quantitative estimate of drug-likeness (QED) is 0.623. The third-order valence-corrected chi connectivity index (χ3v) is 3.28. The molecule has 0 aliphatic carbocycles. The third-order valence-electron chi connectivity index (χ3n) is 3.28. The summed E-state index contributed by atoms with van der Waals surface area (Å²) in [6.07, 6.45) is -0.614. The van der Waals surface area contributed by atoms with Crippen molar-refractivity contribution in [1.29, 1.82) is 0 Å². The van der Waals surface area contributed by atoms with E-state index in [1.807, 2.05) is 0 Å². The van der Waals surface area contributed by atoms with E-state index < -0.39 is 23.0 Å². The van der Waals surface area contributed by atoms with Crippen LogP contribution in [-0.4, -0.2) is 39.8 Å². The minimum absolute atomic E-state index is 0.0915. The number of aliphatic hydroxyl groups excluding tert-OH is 1. The third kappa shape index (κ3) is 2.50. The molecule has 1 aliphatic heterocycles. The fourth-order valence-corrected chi connectivity index (χ4v) is 2.33. The number of benzene rings is 1. The van der Waals surface area contributed by atoms with Crippen molar-refractivity contribution in [1.82, 2.24) is 0 Å². The number of rotatable bonds is 3. The van der Waals surface area contributed by atoms with Gasteiger partial charge in [0.25, 0.3) is 5.69 Å².